The Morgan fingerprint density at radius 1 is 1.25 bits per heavy atom. The van der Waals surface area contributed by atoms with Crippen molar-refractivity contribution in [3.8, 4) is 16.4 Å². The van der Waals surface area contributed by atoms with E-state index in [1.807, 2.05) is 17.5 Å². The van der Waals surface area contributed by atoms with E-state index in [0.29, 0.717) is 11.5 Å². The number of aliphatic hydroxyl groups is 1. The van der Waals surface area contributed by atoms with Crippen LogP contribution in [0, 0.1) is 5.82 Å². The summed E-state index contributed by atoms with van der Waals surface area (Å²) >= 11 is 1.48. The Morgan fingerprint density at radius 2 is 2.00 bits per heavy atom. The lowest BCUT2D eigenvalue weighted by molar-refractivity contribution is 0.00509. The van der Waals surface area contributed by atoms with Crippen molar-refractivity contribution >= 4 is 17.2 Å². The van der Waals surface area contributed by atoms with Crippen LogP contribution in [-0.2, 0) is 0 Å². The summed E-state index contributed by atoms with van der Waals surface area (Å²) in [5.74, 6) is -0.0722. The topological polar surface area (TPSA) is 71.2 Å². The highest BCUT2D eigenvalue weighted by atomic mass is 32.1. The molecular formula is C16H13FN4O2S. The molecule has 1 N–H and O–H groups in total. The van der Waals surface area contributed by atoms with Crippen LogP contribution in [0.5, 0.6) is 0 Å². The fraction of sp³-hybridized carbons (Fsp3) is 0.188. The number of hydrogen-bond donors (Lipinski definition) is 1. The summed E-state index contributed by atoms with van der Waals surface area (Å²) in [5, 5.41) is 15.6. The van der Waals surface area contributed by atoms with Gasteiger partial charge in [0.05, 0.1) is 16.7 Å². The first-order valence-electron chi connectivity index (χ1n) is 7.36. The van der Waals surface area contributed by atoms with E-state index in [-0.39, 0.29) is 30.6 Å². The van der Waals surface area contributed by atoms with E-state index in [0.717, 1.165) is 4.88 Å². The van der Waals surface area contributed by atoms with Gasteiger partial charge in [-0.15, -0.1) is 16.4 Å². The zero-order valence-electron chi connectivity index (χ0n) is 12.5. The van der Waals surface area contributed by atoms with Gasteiger partial charge in [-0.1, -0.05) is 6.07 Å². The summed E-state index contributed by atoms with van der Waals surface area (Å²) in [4.78, 5) is 19.1. The van der Waals surface area contributed by atoms with Gasteiger partial charge >= 0.3 is 0 Å². The lowest BCUT2D eigenvalue weighted by Gasteiger charge is -2.34. The normalized spacial score (nSPS) is 14.7. The van der Waals surface area contributed by atoms with Crippen molar-refractivity contribution in [2.24, 2.45) is 0 Å². The highest BCUT2D eigenvalue weighted by Gasteiger charge is 2.32. The third-order valence-electron chi connectivity index (χ3n) is 3.76. The average Bonchev–Trinajstić information content (AvgIpc) is 3.21. The van der Waals surface area contributed by atoms with Crippen molar-refractivity contribution in [1.29, 1.82) is 0 Å². The minimum atomic E-state index is -0.482. The second kappa shape index (κ2) is 5.81. The van der Waals surface area contributed by atoms with Crippen LogP contribution in [0.1, 0.15) is 10.6 Å². The van der Waals surface area contributed by atoms with Gasteiger partial charge in [0.15, 0.2) is 5.82 Å². The molecule has 24 heavy (non-hydrogen) atoms. The number of hydrogen-bond acceptors (Lipinski definition) is 5. The van der Waals surface area contributed by atoms with Crippen molar-refractivity contribution in [2.75, 3.05) is 13.1 Å². The Kier molecular flexibility index (Phi) is 3.62. The molecule has 1 saturated heterocycles. The fourth-order valence-electron chi connectivity index (χ4n) is 2.49. The SMILES string of the molecule is O=C(c1nc(-c2cccs2)n(-c2ccc(F)cc2)n1)N1CC(O)C1. The first kappa shape index (κ1) is 15.0. The number of aliphatic hydroxyl groups excluding tert-OH is 1. The molecule has 0 radical (unpaired) electrons. The predicted molar refractivity (Wildman–Crippen MR) is 86.5 cm³/mol. The van der Waals surface area contributed by atoms with Crippen LogP contribution in [0.3, 0.4) is 0 Å². The molecule has 0 atom stereocenters. The molecule has 1 aliphatic heterocycles. The molecule has 0 saturated carbocycles. The van der Waals surface area contributed by atoms with E-state index in [1.165, 1.54) is 33.1 Å². The number of β-amino-alcohol motifs (C(OH)–C–C–N with tert-alkyl or cyclic N) is 1. The van der Waals surface area contributed by atoms with E-state index in [2.05, 4.69) is 10.1 Å². The molecule has 3 aromatic rings. The van der Waals surface area contributed by atoms with E-state index < -0.39 is 6.10 Å². The zero-order valence-corrected chi connectivity index (χ0v) is 13.3. The monoisotopic (exact) mass is 344 g/mol. The lowest BCUT2D eigenvalue weighted by Crippen LogP contribution is -2.53. The molecule has 122 valence electrons. The molecule has 1 aromatic carbocycles. The number of rotatable bonds is 3. The quantitative estimate of drug-likeness (QED) is 0.788. The number of carbonyl (C=O) groups is 1. The maximum atomic E-state index is 13.2. The Bertz CT molecular complexity index is 870. The van der Waals surface area contributed by atoms with Crippen LogP contribution in [0.15, 0.2) is 41.8 Å². The standard InChI is InChI=1S/C16H13FN4O2S/c17-10-3-5-11(6-4-10)21-15(13-2-1-7-24-13)18-14(19-21)16(23)20-8-12(22)9-20/h1-7,12,22H,8-9H2. The molecule has 0 spiro atoms. The van der Waals surface area contributed by atoms with Gasteiger partial charge in [0.2, 0.25) is 5.82 Å². The maximum Gasteiger partial charge on any atom is 0.293 e. The number of carbonyl (C=O) groups excluding carboxylic acids is 1. The van der Waals surface area contributed by atoms with E-state index >= 15 is 0 Å². The summed E-state index contributed by atoms with van der Waals surface area (Å²) in [5.41, 5.74) is 0.620. The Hall–Kier alpha value is -2.58. The minimum Gasteiger partial charge on any atom is -0.389 e. The van der Waals surface area contributed by atoms with Crippen molar-refractivity contribution in [3.63, 3.8) is 0 Å². The molecule has 1 fully saturated rings. The summed E-state index contributed by atoms with van der Waals surface area (Å²) in [6.07, 6.45) is -0.482. The average molecular weight is 344 g/mol. The lowest BCUT2D eigenvalue weighted by atomic mass is 10.2. The van der Waals surface area contributed by atoms with Crippen LogP contribution in [0.4, 0.5) is 4.39 Å². The molecule has 0 bridgehead atoms. The highest BCUT2D eigenvalue weighted by molar-refractivity contribution is 7.13. The number of halogens is 1. The van der Waals surface area contributed by atoms with Gasteiger partial charge in [-0.3, -0.25) is 4.79 Å². The molecular weight excluding hydrogens is 331 g/mol. The Labute approximate surface area is 140 Å². The number of benzene rings is 1. The largest absolute Gasteiger partial charge is 0.389 e. The molecule has 3 heterocycles. The molecule has 8 heteroatoms. The van der Waals surface area contributed by atoms with Crippen LogP contribution < -0.4 is 0 Å². The second-order valence-electron chi connectivity index (χ2n) is 5.49. The van der Waals surface area contributed by atoms with Crippen molar-refractivity contribution in [3.05, 3.63) is 53.4 Å². The van der Waals surface area contributed by atoms with Gasteiger partial charge in [-0.25, -0.2) is 14.1 Å². The first-order chi connectivity index (χ1) is 11.6. The van der Waals surface area contributed by atoms with Gasteiger partial charge in [0.1, 0.15) is 5.82 Å². The van der Waals surface area contributed by atoms with E-state index in [1.54, 1.807) is 12.1 Å². The summed E-state index contributed by atoms with van der Waals surface area (Å²) in [7, 11) is 0. The van der Waals surface area contributed by atoms with E-state index in [9.17, 15) is 14.3 Å². The number of nitrogens with zero attached hydrogens (tertiary/aromatic N) is 4. The Balaban J connectivity index is 1.76. The van der Waals surface area contributed by atoms with Gasteiger partial charge in [0.25, 0.3) is 5.91 Å². The second-order valence-corrected chi connectivity index (χ2v) is 6.44. The van der Waals surface area contributed by atoms with Gasteiger partial charge in [-0.2, -0.15) is 0 Å². The minimum absolute atomic E-state index is 0.0645. The van der Waals surface area contributed by atoms with Crippen LogP contribution in [0.2, 0.25) is 0 Å². The summed E-state index contributed by atoms with van der Waals surface area (Å²) in [6.45, 7) is 0.580. The Morgan fingerprint density at radius 3 is 2.62 bits per heavy atom. The predicted octanol–water partition coefficient (Wildman–Crippen LogP) is 1.95. The molecule has 0 aliphatic carbocycles. The van der Waals surface area contributed by atoms with Crippen LogP contribution in [-0.4, -0.2) is 49.9 Å². The van der Waals surface area contributed by atoms with Crippen molar-refractivity contribution in [1.82, 2.24) is 19.7 Å². The molecule has 1 amide bonds. The number of aromatic nitrogens is 3. The third kappa shape index (κ3) is 2.59. The molecule has 2 aromatic heterocycles. The molecule has 4 rings (SSSR count). The van der Waals surface area contributed by atoms with Crippen LogP contribution >= 0.6 is 11.3 Å². The van der Waals surface area contributed by atoms with Crippen LogP contribution in [0.25, 0.3) is 16.4 Å². The maximum absolute atomic E-state index is 13.2. The number of likely N-dealkylation sites (tertiary alicyclic amines) is 1. The molecule has 1 aliphatic rings. The first-order valence-corrected chi connectivity index (χ1v) is 8.24. The fourth-order valence-corrected chi connectivity index (χ4v) is 3.19. The summed E-state index contributed by atoms with van der Waals surface area (Å²) in [6, 6.07) is 9.61. The smallest absolute Gasteiger partial charge is 0.293 e. The van der Waals surface area contributed by atoms with Crippen molar-refractivity contribution < 1.29 is 14.3 Å². The highest BCUT2D eigenvalue weighted by Crippen LogP contribution is 2.26. The number of thiophene rings is 1. The third-order valence-corrected chi connectivity index (χ3v) is 4.63. The number of amides is 1. The van der Waals surface area contributed by atoms with Gasteiger partial charge in [0, 0.05) is 13.1 Å². The summed E-state index contributed by atoms with van der Waals surface area (Å²) < 4.78 is 14.7. The van der Waals surface area contributed by atoms with Gasteiger partial charge in [-0.05, 0) is 35.7 Å². The van der Waals surface area contributed by atoms with Gasteiger partial charge < -0.3 is 10.0 Å². The van der Waals surface area contributed by atoms with E-state index in [4.69, 9.17) is 0 Å². The zero-order chi connectivity index (χ0) is 16.7. The van der Waals surface area contributed by atoms with Crippen molar-refractivity contribution in [2.45, 2.75) is 6.10 Å². The molecule has 0 unspecified atom stereocenters. The molecule has 6 nitrogen and oxygen atoms in total.